The van der Waals surface area contributed by atoms with Crippen molar-refractivity contribution < 1.29 is 9.90 Å². The Kier molecular flexibility index (Phi) is 2.59. The van der Waals surface area contributed by atoms with E-state index in [4.69, 9.17) is 23.1 Å². The van der Waals surface area contributed by atoms with E-state index in [0.29, 0.717) is 10.5 Å². The largest absolute Gasteiger partial charge is 0.477 e. The fraction of sp³-hybridized carbons (Fsp3) is 0.0833. The summed E-state index contributed by atoms with van der Waals surface area (Å²) in [5, 5.41) is 10.3. The molecule has 0 unspecified atom stereocenters. The van der Waals surface area contributed by atoms with Gasteiger partial charge in [-0.2, -0.15) is 0 Å². The van der Waals surface area contributed by atoms with Gasteiger partial charge in [-0.3, -0.25) is 0 Å². The first-order chi connectivity index (χ1) is 7.65. The molecule has 0 spiro atoms. The summed E-state index contributed by atoms with van der Waals surface area (Å²) in [5.41, 5.74) is 0.820. The van der Waals surface area contributed by atoms with Crippen LogP contribution in [0.1, 0.15) is 10.5 Å². The number of carboxylic acid groups (broad SMARTS) is 1. The SMILES string of the molecule is C#CCn1c(C(=O)O)cc2cccc(Cl)c21. The second-order valence-electron chi connectivity index (χ2n) is 3.30. The van der Waals surface area contributed by atoms with E-state index in [1.165, 1.54) is 4.57 Å². The Balaban J connectivity index is 2.83. The monoisotopic (exact) mass is 233 g/mol. The third kappa shape index (κ3) is 1.54. The van der Waals surface area contributed by atoms with Gasteiger partial charge in [0, 0.05) is 5.39 Å². The van der Waals surface area contributed by atoms with E-state index in [1.54, 1.807) is 24.3 Å². The zero-order chi connectivity index (χ0) is 11.7. The highest BCUT2D eigenvalue weighted by atomic mass is 35.5. The molecule has 0 aliphatic carbocycles. The van der Waals surface area contributed by atoms with Crippen molar-refractivity contribution in [2.24, 2.45) is 0 Å². The highest BCUT2D eigenvalue weighted by molar-refractivity contribution is 6.35. The predicted molar refractivity (Wildman–Crippen MR) is 62.7 cm³/mol. The molecular formula is C12H8ClNO2. The van der Waals surface area contributed by atoms with Gasteiger partial charge in [0.1, 0.15) is 5.69 Å². The van der Waals surface area contributed by atoms with Gasteiger partial charge in [0.15, 0.2) is 0 Å². The van der Waals surface area contributed by atoms with E-state index in [0.717, 1.165) is 5.39 Å². The van der Waals surface area contributed by atoms with Gasteiger partial charge in [0.2, 0.25) is 0 Å². The molecule has 1 aromatic carbocycles. The molecule has 0 fully saturated rings. The highest BCUT2D eigenvalue weighted by Crippen LogP contribution is 2.26. The lowest BCUT2D eigenvalue weighted by atomic mass is 10.2. The molecule has 0 amide bonds. The Hall–Kier alpha value is -1.92. The summed E-state index contributed by atoms with van der Waals surface area (Å²) in [6.45, 7) is 0.189. The molecule has 0 bridgehead atoms. The van der Waals surface area contributed by atoms with Crippen LogP contribution >= 0.6 is 11.6 Å². The molecular weight excluding hydrogens is 226 g/mol. The summed E-state index contributed by atoms with van der Waals surface area (Å²) < 4.78 is 1.53. The number of aromatic carboxylic acids is 1. The van der Waals surface area contributed by atoms with Crippen molar-refractivity contribution in [2.45, 2.75) is 6.54 Å². The number of nitrogens with zero attached hydrogens (tertiary/aromatic N) is 1. The van der Waals surface area contributed by atoms with Gasteiger partial charge in [0.05, 0.1) is 17.1 Å². The van der Waals surface area contributed by atoms with E-state index in [1.807, 2.05) is 0 Å². The topological polar surface area (TPSA) is 42.2 Å². The first-order valence-corrected chi connectivity index (χ1v) is 4.97. The normalized spacial score (nSPS) is 10.2. The molecule has 0 saturated heterocycles. The fourth-order valence-electron chi connectivity index (χ4n) is 1.71. The van der Waals surface area contributed by atoms with Crippen LogP contribution in [-0.2, 0) is 6.54 Å². The number of para-hydroxylation sites is 1. The molecule has 1 N–H and O–H groups in total. The van der Waals surface area contributed by atoms with Crippen LogP contribution in [0.4, 0.5) is 0 Å². The van der Waals surface area contributed by atoms with Crippen molar-refractivity contribution in [1.29, 1.82) is 0 Å². The van der Waals surface area contributed by atoms with Crippen LogP contribution in [0.5, 0.6) is 0 Å². The zero-order valence-electron chi connectivity index (χ0n) is 8.27. The van der Waals surface area contributed by atoms with Gasteiger partial charge in [-0.25, -0.2) is 4.79 Å². The lowest BCUT2D eigenvalue weighted by molar-refractivity contribution is 0.0686. The van der Waals surface area contributed by atoms with Crippen molar-refractivity contribution >= 4 is 28.5 Å². The van der Waals surface area contributed by atoms with Gasteiger partial charge in [-0.15, -0.1) is 6.42 Å². The maximum atomic E-state index is 11.0. The fourth-order valence-corrected chi connectivity index (χ4v) is 2.00. The number of hydrogen-bond acceptors (Lipinski definition) is 1. The van der Waals surface area contributed by atoms with Gasteiger partial charge < -0.3 is 9.67 Å². The number of benzene rings is 1. The van der Waals surface area contributed by atoms with Gasteiger partial charge >= 0.3 is 5.97 Å². The van der Waals surface area contributed by atoms with E-state index in [-0.39, 0.29) is 12.2 Å². The Bertz CT molecular complexity index is 607. The molecule has 0 aliphatic rings. The average molecular weight is 234 g/mol. The van der Waals surface area contributed by atoms with E-state index in [2.05, 4.69) is 5.92 Å². The number of rotatable bonds is 2. The molecule has 3 nitrogen and oxygen atoms in total. The van der Waals surface area contributed by atoms with Crippen molar-refractivity contribution in [3.63, 3.8) is 0 Å². The molecule has 80 valence electrons. The number of hydrogen-bond donors (Lipinski definition) is 1. The number of fused-ring (bicyclic) bond motifs is 1. The summed E-state index contributed by atoms with van der Waals surface area (Å²) in [4.78, 5) is 11.0. The molecule has 0 saturated carbocycles. The minimum Gasteiger partial charge on any atom is -0.477 e. The number of aromatic nitrogens is 1. The molecule has 0 atom stereocenters. The summed E-state index contributed by atoms with van der Waals surface area (Å²) in [6.07, 6.45) is 5.22. The van der Waals surface area contributed by atoms with Crippen LogP contribution in [0.3, 0.4) is 0 Å². The third-order valence-electron chi connectivity index (χ3n) is 2.34. The Morgan fingerprint density at radius 2 is 2.31 bits per heavy atom. The zero-order valence-corrected chi connectivity index (χ0v) is 9.03. The quantitative estimate of drug-likeness (QED) is 0.811. The van der Waals surface area contributed by atoms with Gasteiger partial charge in [-0.1, -0.05) is 29.7 Å². The summed E-state index contributed by atoms with van der Waals surface area (Å²) >= 11 is 6.03. The average Bonchev–Trinajstić information content (AvgIpc) is 2.59. The molecule has 0 aliphatic heterocycles. The number of terminal acetylenes is 1. The Labute approximate surface area is 97.3 Å². The summed E-state index contributed by atoms with van der Waals surface area (Å²) in [7, 11) is 0. The van der Waals surface area contributed by atoms with Crippen molar-refractivity contribution in [2.75, 3.05) is 0 Å². The molecule has 16 heavy (non-hydrogen) atoms. The number of carboxylic acids is 1. The summed E-state index contributed by atoms with van der Waals surface area (Å²) in [6, 6.07) is 6.86. The summed E-state index contributed by atoms with van der Waals surface area (Å²) in [5.74, 6) is 1.41. The minimum atomic E-state index is -1.01. The first kappa shape index (κ1) is 10.6. The van der Waals surface area contributed by atoms with E-state index < -0.39 is 5.97 Å². The standard InChI is InChI=1S/C12H8ClNO2/c1-2-6-14-10(12(15)16)7-8-4-3-5-9(13)11(8)14/h1,3-5,7H,6H2,(H,15,16). The van der Waals surface area contributed by atoms with Crippen LogP contribution in [0, 0.1) is 12.3 Å². The second-order valence-corrected chi connectivity index (χ2v) is 3.71. The van der Waals surface area contributed by atoms with Crippen molar-refractivity contribution in [1.82, 2.24) is 4.57 Å². The molecule has 1 heterocycles. The third-order valence-corrected chi connectivity index (χ3v) is 2.64. The second kappa shape index (κ2) is 3.92. The van der Waals surface area contributed by atoms with Gasteiger partial charge in [0.25, 0.3) is 0 Å². The lowest BCUT2D eigenvalue weighted by Crippen LogP contribution is -2.07. The molecule has 4 heteroatoms. The number of halogens is 1. The maximum Gasteiger partial charge on any atom is 0.352 e. The Morgan fingerprint density at radius 1 is 1.56 bits per heavy atom. The predicted octanol–water partition coefficient (Wildman–Crippen LogP) is 2.63. The van der Waals surface area contributed by atoms with Crippen LogP contribution in [0.25, 0.3) is 10.9 Å². The van der Waals surface area contributed by atoms with E-state index >= 15 is 0 Å². The van der Waals surface area contributed by atoms with Crippen LogP contribution in [-0.4, -0.2) is 15.6 Å². The number of carbonyl (C=O) groups is 1. The first-order valence-electron chi connectivity index (χ1n) is 4.59. The maximum absolute atomic E-state index is 11.0. The minimum absolute atomic E-state index is 0.154. The van der Waals surface area contributed by atoms with E-state index in [9.17, 15) is 4.79 Å². The Morgan fingerprint density at radius 3 is 2.94 bits per heavy atom. The molecule has 1 aromatic heterocycles. The molecule has 2 aromatic rings. The van der Waals surface area contributed by atoms with Gasteiger partial charge in [-0.05, 0) is 12.1 Å². The molecule has 2 rings (SSSR count). The van der Waals surface area contributed by atoms with Crippen LogP contribution in [0.2, 0.25) is 5.02 Å². The molecule has 0 radical (unpaired) electrons. The van der Waals surface area contributed by atoms with Crippen LogP contribution < -0.4 is 0 Å². The van der Waals surface area contributed by atoms with Crippen LogP contribution in [0.15, 0.2) is 24.3 Å². The van der Waals surface area contributed by atoms with Crippen molar-refractivity contribution in [3.05, 3.63) is 35.0 Å². The van der Waals surface area contributed by atoms with Crippen molar-refractivity contribution in [3.8, 4) is 12.3 Å². The smallest absolute Gasteiger partial charge is 0.352 e. The highest BCUT2D eigenvalue weighted by Gasteiger charge is 2.15. The lowest BCUT2D eigenvalue weighted by Gasteiger charge is -2.04.